The van der Waals surface area contributed by atoms with Crippen molar-refractivity contribution in [1.29, 1.82) is 0 Å². The maximum Gasteiger partial charge on any atom is 0.333 e. The SMILES string of the molecule is Cc1cc([C@@H](C)Nc2ccc(Cl)nc2C(=O)NS(C)(=O)=O)c2nc(N3CCC[C@@H](c4ccnn4C(F)F)C3)n(C)c(=O)c2c1. The molecule has 0 saturated carbocycles. The Morgan fingerprint density at radius 3 is 2.64 bits per heavy atom. The van der Waals surface area contributed by atoms with E-state index < -0.39 is 28.5 Å². The minimum Gasteiger partial charge on any atom is -0.377 e. The summed E-state index contributed by atoms with van der Waals surface area (Å²) in [7, 11) is -2.24. The van der Waals surface area contributed by atoms with Crippen LogP contribution >= 0.6 is 11.6 Å². The first-order valence-corrected chi connectivity index (χ1v) is 16.0. The number of aromatic nitrogens is 5. The van der Waals surface area contributed by atoms with Gasteiger partial charge in [0.15, 0.2) is 5.69 Å². The number of anilines is 2. The topological polar surface area (TPSA) is 144 Å². The molecule has 0 unspecified atom stereocenters. The number of piperidine rings is 1. The third-order valence-electron chi connectivity index (χ3n) is 7.53. The van der Waals surface area contributed by atoms with E-state index in [1.54, 1.807) is 19.2 Å². The highest BCUT2D eigenvalue weighted by molar-refractivity contribution is 7.89. The van der Waals surface area contributed by atoms with Gasteiger partial charge in [-0.25, -0.2) is 27.8 Å². The number of nitrogens with zero attached hydrogens (tertiary/aromatic N) is 6. The van der Waals surface area contributed by atoms with Crippen LogP contribution in [-0.4, -0.2) is 58.0 Å². The van der Waals surface area contributed by atoms with Gasteiger partial charge in [-0.1, -0.05) is 17.7 Å². The standard InChI is InChI=1S/C28H31ClF2N8O4S/c1-15-12-18(16(2)33-20-7-8-22(29)34-24(20)25(40)36-44(4,42)43)23-19(13-15)26(41)37(3)28(35-23)38-11-5-6-17(14-38)21-9-10-32-39(21)27(30)31/h7-10,12-13,16-17,27,33H,5-6,11,14H2,1-4H3,(H,36,40)/t16-,17-/m1/s1. The maximum absolute atomic E-state index is 13.7. The van der Waals surface area contributed by atoms with E-state index in [-0.39, 0.29) is 28.0 Å². The summed E-state index contributed by atoms with van der Waals surface area (Å²) < 4.78 is 54.6. The minimum atomic E-state index is -3.87. The average molecular weight is 649 g/mol. The number of hydrogen-bond acceptors (Lipinski definition) is 9. The lowest BCUT2D eigenvalue weighted by molar-refractivity contribution is 0.0518. The molecule has 1 aromatic carbocycles. The van der Waals surface area contributed by atoms with Gasteiger partial charge in [-0.3, -0.25) is 14.2 Å². The number of halogens is 3. The van der Waals surface area contributed by atoms with Crippen LogP contribution in [0.5, 0.6) is 0 Å². The average Bonchev–Trinajstić information content (AvgIpc) is 3.45. The van der Waals surface area contributed by atoms with Crippen LogP contribution in [0, 0.1) is 6.92 Å². The van der Waals surface area contributed by atoms with Crippen LogP contribution in [0.15, 0.2) is 41.3 Å². The molecule has 4 heterocycles. The Hall–Kier alpha value is -4.11. The van der Waals surface area contributed by atoms with Crippen LogP contribution in [0.4, 0.5) is 20.4 Å². The molecule has 5 rings (SSSR count). The summed E-state index contributed by atoms with van der Waals surface area (Å²) in [6, 6.07) is 7.65. The molecule has 4 aromatic rings. The molecule has 1 aliphatic heterocycles. The smallest absolute Gasteiger partial charge is 0.333 e. The highest BCUT2D eigenvalue weighted by atomic mass is 35.5. The van der Waals surface area contributed by atoms with Crippen LogP contribution in [0.3, 0.4) is 0 Å². The Kier molecular flexibility index (Phi) is 8.62. The van der Waals surface area contributed by atoms with Gasteiger partial charge in [-0.05, 0) is 56.5 Å². The number of sulfonamides is 1. The first kappa shape index (κ1) is 31.3. The largest absolute Gasteiger partial charge is 0.377 e. The van der Waals surface area contributed by atoms with E-state index >= 15 is 0 Å². The lowest BCUT2D eigenvalue weighted by Crippen LogP contribution is -2.39. The van der Waals surface area contributed by atoms with Gasteiger partial charge in [0, 0.05) is 43.5 Å². The second kappa shape index (κ2) is 12.1. The van der Waals surface area contributed by atoms with Crippen molar-refractivity contribution in [3.05, 3.63) is 74.6 Å². The zero-order valence-corrected chi connectivity index (χ0v) is 26.0. The van der Waals surface area contributed by atoms with Gasteiger partial charge in [-0.2, -0.15) is 13.9 Å². The number of carbonyl (C=O) groups is 1. The van der Waals surface area contributed by atoms with Gasteiger partial charge in [-0.15, -0.1) is 0 Å². The van der Waals surface area contributed by atoms with Gasteiger partial charge in [0.05, 0.1) is 28.9 Å². The van der Waals surface area contributed by atoms with E-state index in [1.807, 2.05) is 29.5 Å². The van der Waals surface area contributed by atoms with E-state index in [4.69, 9.17) is 16.6 Å². The molecule has 0 bridgehead atoms. The predicted octanol–water partition coefficient (Wildman–Crippen LogP) is 4.13. The molecule has 12 nitrogen and oxygen atoms in total. The number of pyridine rings is 1. The van der Waals surface area contributed by atoms with Gasteiger partial charge >= 0.3 is 6.55 Å². The van der Waals surface area contributed by atoms with Crippen molar-refractivity contribution < 1.29 is 22.0 Å². The van der Waals surface area contributed by atoms with Crippen LogP contribution in [0.25, 0.3) is 10.9 Å². The number of hydrogen-bond donors (Lipinski definition) is 2. The molecule has 1 amide bonds. The van der Waals surface area contributed by atoms with Gasteiger partial charge in [0.1, 0.15) is 5.15 Å². The summed E-state index contributed by atoms with van der Waals surface area (Å²) in [6.07, 6.45) is 3.60. The fourth-order valence-electron chi connectivity index (χ4n) is 5.62. The fourth-order valence-corrected chi connectivity index (χ4v) is 6.20. The molecule has 0 radical (unpaired) electrons. The number of aryl methyl sites for hydroxylation is 1. The van der Waals surface area contributed by atoms with Crippen molar-refractivity contribution >= 4 is 50.1 Å². The van der Waals surface area contributed by atoms with Crippen molar-refractivity contribution in [2.24, 2.45) is 7.05 Å². The van der Waals surface area contributed by atoms with Crippen LogP contribution in [-0.2, 0) is 17.1 Å². The monoisotopic (exact) mass is 648 g/mol. The molecule has 2 N–H and O–H groups in total. The molecule has 1 fully saturated rings. The van der Waals surface area contributed by atoms with E-state index in [9.17, 15) is 26.8 Å². The number of nitrogens with one attached hydrogen (secondary N) is 2. The Labute approximate surface area is 257 Å². The van der Waals surface area contributed by atoms with Crippen LogP contribution in [0.2, 0.25) is 5.15 Å². The summed E-state index contributed by atoms with van der Waals surface area (Å²) in [5.41, 5.74) is 2.02. The molecule has 234 valence electrons. The van der Waals surface area contributed by atoms with Crippen molar-refractivity contribution in [2.75, 3.05) is 29.6 Å². The number of carbonyl (C=O) groups excluding carboxylic acids is 1. The van der Waals surface area contributed by atoms with Crippen molar-refractivity contribution in [3.8, 4) is 0 Å². The predicted molar refractivity (Wildman–Crippen MR) is 163 cm³/mol. The Morgan fingerprint density at radius 2 is 1.93 bits per heavy atom. The highest BCUT2D eigenvalue weighted by Crippen LogP contribution is 2.33. The summed E-state index contributed by atoms with van der Waals surface area (Å²) in [4.78, 5) is 37.3. The quantitative estimate of drug-likeness (QED) is 0.270. The summed E-state index contributed by atoms with van der Waals surface area (Å²) in [6.45, 7) is 1.85. The van der Waals surface area contributed by atoms with Crippen molar-refractivity contribution in [2.45, 2.75) is 45.2 Å². The number of benzene rings is 1. The van der Waals surface area contributed by atoms with Crippen LogP contribution < -0.4 is 20.5 Å². The summed E-state index contributed by atoms with van der Waals surface area (Å²) >= 11 is 6.01. The molecule has 44 heavy (non-hydrogen) atoms. The van der Waals surface area contributed by atoms with Gasteiger partial charge in [0.2, 0.25) is 16.0 Å². The summed E-state index contributed by atoms with van der Waals surface area (Å²) in [5, 5.41) is 7.35. The van der Waals surface area contributed by atoms with E-state index in [2.05, 4.69) is 15.4 Å². The van der Waals surface area contributed by atoms with E-state index in [0.29, 0.717) is 54.0 Å². The number of amides is 1. The molecule has 0 spiro atoms. The fraction of sp³-hybridized carbons (Fsp3) is 0.393. The molecule has 3 aromatic heterocycles. The third-order valence-corrected chi connectivity index (χ3v) is 8.30. The molecule has 2 atom stereocenters. The second-order valence-corrected chi connectivity index (χ2v) is 13.0. The zero-order chi connectivity index (χ0) is 31.9. The van der Waals surface area contributed by atoms with Gasteiger partial charge in [0.25, 0.3) is 11.5 Å². The minimum absolute atomic E-state index is 0.00546. The molecular weight excluding hydrogens is 618 g/mol. The van der Waals surface area contributed by atoms with E-state index in [1.165, 1.54) is 22.9 Å². The molecule has 16 heteroatoms. The summed E-state index contributed by atoms with van der Waals surface area (Å²) in [5.74, 6) is -0.797. The number of alkyl halides is 2. The lowest BCUT2D eigenvalue weighted by Gasteiger charge is -2.34. The third kappa shape index (κ3) is 6.38. The Bertz CT molecular complexity index is 1910. The second-order valence-electron chi connectivity index (χ2n) is 10.9. The molecular formula is C28H31ClF2N8O4S. The van der Waals surface area contributed by atoms with Crippen molar-refractivity contribution in [1.82, 2.24) is 29.0 Å². The van der Waals surface area contributed by atoms with Gasteiger partial charge < -0.3 is 10.2 Å². The van der Waals surface area contributed by atoms with Crippen LogP contribution in [0.1, 0.15) is 65.6 Å². The molecule has 0 aliphatic carbocycles. The zero-order valence-electron chi connectivity index (χ0n) is 24.4. The lowest BCUT2D eigenvalue weighted by atomic mass is 9.95. The molecule has 1 aliphatic rings. The molecule has 1 saturated heterocycles. The normalized spacial score (nSPS) is 16.4. The number of rotatable bonds is 8. The highest BCUT2D eigenvalue weighted by Gasteiger charge is 2.29. The van der Waals surface area contributed by atoms with E-state index in [0.717, 1.165) is 16.5 Å². The Morgan fingerprint density at radius 1 is 1.18 bits per heavy atom. The maximum atomic E-state index is 13.7. The first-order valence-electron chi connectivity index (χ1n) is 13.8. The Balaban J connectivity index is 1.54. The van der Waals surface area contributed by atoms with Crippen molar-refractivity contribution in [3.63, 3.8) is 0 Å². The number of fused-ring (bicyclic) bond motifs is 1. The first-order chi connectivity index (χ1) is 20.7.